The third kappa shape index (κ3) is 2.99. The summed E-state index contributed by atoms with van der Waals surface area (Å²) in [6, 6.07) is 0. The van der Waals surface area contributed by atoms with Gasteiger partial charge in [-0.05, 0) is 6.42 Å². The Bertz CT molecular complexity index is 542. The summed E-state index contributed by atoms with van der Waals surface area (Å²) in [6.45, 7) is 3.01. The molecular formula is C13H18N4O4. The molecule has 0 radical (unpaired) electrons. The van der Waals surface area contributed by atoms with Gasteiger partial charge in [0, 0.05) is 37.3 Å². The number of amides is 2. The molecule has 0 atom stereocenters. The van der Waals surface area contributed by atoms with Crippen LogP contribution in [0.25, 0.3) is 0 Å². The lowest BCUT2D eigenvalue weighted by Crippen LogP contribution is -2.42. The Morgan fingerprint density at radius 3 is 3.19 bits per heavy atom. The number of cyclic esters (lactones) is 1. The smallest absolute Gasteiger partial charge is 0.409 e. The Hall–Kier alpha value is -2.09. The average molecular weight is 294 g/mol. The highest BCUT2D eigenvalue weighted by atomic mass is 16.6. The van der Waals surface area contributed by atoms with Gasteiger partial charge in [0.25, 0.3) is 5.91 Å². The summed E-state index contributed by atoms with van der Waals surface area (Å²) in [7, 11) is 0. The molecule has 3 rings (SSSR count). The van der Waals surface area contributed by atoms with Crippen molar-refractivity contribution >= 4 is 12.0 Å². The van der Waals surface area contributed by atoms with Crippen LogP contribution in [0, 0.1) is 0 Å². The fourth-order valence-electron chi connectivity index (χ4n) is 2.49. The van der Waals surface area contributed by atoms with Crippen LogP contribution >= 0.6 is 0 Å². The molecule has 2 aliphatic heterocycles. The van der Waals surface area contributed by atoms with Crippen LogP contribution in [-0.2, 0) is 22.5 Å². The zero-order valence-electron chi connectivity index (χ0n) is 11.7. The number of nitrogens with one attached hydrogen (secondary N) is 2. The van der Waals surface area contributed by atoms with Crippen molar-refractivity contribution < 1.29 is 19.1 Å². The van der Waals surface area contributed by atoms with Crippen molar-refractivity contribution in [3.63, 3.8) is 0 Å². The van der Waals surface area contributed by atoms with E-state index >= 15 is 0 Å². The standard InChI is InChI=1S/C13H18N4O4/c18-12(11-9-8-20-7-2-10(9)15-16-11)14-3-5-17-4-1-6-21-13(17)19/h1-8H2,(H,14,18)(H,15,16). The zero-order chi connectivity index (χ0) is 14.7. The van der Waals surface area contributed by atoms with Crippen LogP contribution in [0.15, 0.2) is 0 Å². The second-order valence-corrected chi connectivity index (χ2v) is 5.04. The molecule has 8 nitrogen and oxygen atoms in total. The van der Waals surface area contributed by atoms with E-state index in [0.717, 1.165) is 24.1 Å². The number of aromatic nitrogens is 2. The number of hydrogen-bond acceptors (Lipinski definition) is 5. The first-order valence-corrected chi connectivity index (χ1v) is 7.09. The predicted octanol–water partition coefficient (Wildman–Crippen LogP) is 0.0545. The quantitative estimate of drug-likeness (QED) is 0.818. The van der Waals surface area contributed by atoms with E-state index in [-0.39, 0.29) is 12.0 Å². The van der Waals surface area contributed by atoms with Gasteiger partial charge in [0.15, 0.2) is 5.69 Å². The van der Waals surface area contributed by atoms with E-state index in [1.165, 1.54) is 0 Å². The van der Waals surface area contributed by atoms with Crippen molar-refractivity contribution in [1.29, 1.82) is 0 Å². The molecule has 0 bridgehead atoms. The number of H-pyrrole nitrogens is 1. The van der Waals surface area contributed by atoms with Gasteiger partial charge < -0.3 is 19.7 Å². The third-order valence-corrected chi connectivity index (χ3v) is 3.63. The van der Waals surface area contributed by atoms with Gasteiger partial charge in [0.1, 0.15) is 0 Å². The van der Waals surface area contributed by atoms with Crippen LogP contribution < -0.4 is 5.32 Å². The molecule has 1 aromatic rings. The number of ether oxygens (including phenoxy) is 2. The second kappa shape index (κ2) is 6.13. The Kier molecular flexibility index (Phi) is 4.05. The van der Waals surface area contributed by atoms with Gasteiger partial charge in [-0.15, -0.1) is 0 Å². The van der Waals surface area contributed by atoms with Crippen molar-refractivity contribution in [3.05, 3.63) is 17.0 Å². The molecule has 0 unspecified atom stereocenters. The lowest BCUT2D eigenvalue weighted by atomic mass is 10.1. The van der Waals surface area contributed by atoms with Gasteiger partial charge >= 0.3 is 6.09 Å². The third-order valence-electron chi connectivity index (χ3n) is 3.63. The molecular weight excluding hydrogens is 276 g/mol. The summed E-state index contributed by atoms with van der Waals surface area (Å²) in [5, 5.41) is 9.71. The monoisotopic (exact) mass is 294 g/mol. The van der Waals surface area contributed by atoms with Crippen molar-refractivity contribution in [1.82, 2.24) is 20.4 Å². The molecule has 0 aliphatic carbocycles. The van der Waals surface area contributed by atoms with Crippen LogP contribution in [0.1, 0.15) is 28.2 Å². The zero-order valence-corrected chi connectivity index (χ0v) is 11.7. The summed E-state index contributed by atoms with van der Waals surface area (Å²) in [5.74, 6) is -0.247. The molecule has 0 aromatic carbocycles. The van der Waals surface area contributed by atoms with Crippen LogP contribution in [-0.4, -0.2) is 59.9 Å². The average Bonchev–Trinajstić information content (AvgIpc) is 2.93. The number of nitrogens with zero attached hydrogens (tertiary/aromatic N) is 2. The van der Waals surface area contributed by atoms with Gasteiger partial charge in [0.05, 0.1) is 19.8 Å². The summed E-state index contributed by atoms with van der Waals surface area (Å²) < 4.78 is 10.3. The molecule has 2 amide bonds. The fourth-order valence-corrected chi connectivity index (χ4v) is 2.49. The minimum atomic E-state index is -0.318. The molecule has 114 valence electrons. The lowest BCUT2D eigenvalue weighted by Gasteiger charge is -2.26. The topological polar surface area (TPSA) is 96.5 Å². The van der Waals surface area contributed by atoms with E-state index in [4.69, 9.17) is 9.47 Å². The maximum atomic E-state index is 12.1. The summed E-state index contributed by atoms with van der Waals surface area (Å²) >= 11 is 0. The molecule has 1 saturated heterocycles. The molecule has 0 spiro atoms. The number of hydrogen-bond donors (Lipinski definition) is 2. The summed E-state index contributed by atoms with van der Waals surface area (Å²) in [5.41, 5.74) is 2.17. The lowest BCUT2D eigenvalue weighted by molar-refractivity contribution is 0.0718. The Labute approximate surface area is 121 Å². The van der Waals surface area contributed by atoms with E-state index in [0.29, 0.717) is 45.1 Å². The molecule has 21 heavy (non-hydrogen) atoms. The maximum absolute atomic E-state index is 12.1. The van der Waals surface area contributed by atoms with E-state index in [1.54, 1.807) is 4.90 Å². The molecule has 1 fully saturated rings. The predicted molar refractivity (Wildman–Crippen MR) is 71.8 cm³/mol. The van der Waals surface area contributed by atoms with Gasteiger partial charge in [-0.2, -0.15) is 5.10 Å². The van der Waals surface area contributed by atoms with Gasteiger partial charge in [-0.25, -0.2) is 4.79 Å². The van der Waals surface area contributed by atoms with Crippen LogP contribution in [0.3, 0.4) is 0 Å². The first-order valence-electron chi connectivity index (χ1n) is 7.09. The Morgan fingerprint density at radius 1 is 1.43 bits per heavy atom. The molecule has 0 saturated carbocycles. The number of fused-ring (bicyclic) bond motifs is 1. The van der Waals surface area contributed by atoms with E-state index in [1.807, 2.05) is 0 Å². The van der Waals surface area contributed by atoms with Crippen molar-refractivity contribution in [3.8, 4) is 0 Å². The largest absolute Gasteiger partial charge is 0.449 e. The minimum Gasteiger partial charge on any atom is -0.449 e. The van der Waals surface area contributed by atoms with Crippen molar-refractivity contribution in [2.45, 2.75) is 19.4 Å². The van der Waals surface area contributed by atoms with Gasteiger partial charge in [0.2, 0.25) is 0 Å². The molecule has 2 N–H and O–H groups in total. The van der Waals surface area contributed by atoms with E-state index in [2.05, 4.69) is 15.5 Å². The normalized spacial score (nSPS) is 18.1. The molecule has 8 heteroatoms. The van der Waals surface area contributed by atoms with Crippen LogP contribution in [0.2, 0.25) is 0 Å². The van der Waals surface area contributed by atoms with Gasteiger partial charge in [-0.1, -0.05) is 0 Å². The molecule has 2 aliphatic rings. The highest BCUT2D eigenvalue weighted by molar-refractivity contribution is 5.94. The number of carbonyl (C=O) groups is 2. The fraction of sp³-hybridized carbons (Fsp3) is 0.615. The number of aromatic amines is 1. The Morgan fingerprint density at radius 2 is 2.33 bits per heavy atom. The van der Waals surface area contributed by atoms with Crippen molar-refractivity contribution in [2.75, 3.05) is 32.8 Å². The van der Waals surface area contributed by atoms with Crippen LogP contribution in [0.5, 0.6) is 0 Å². The second-order valence-electron chi connectivity index (χ2n) is 5.04. The number of carbonyl (C=O) groups excluding carboxylic acids is 2. The number of rotatable bonds is 4. The van der Waals surface area contributed by atoms with Crippen molar-refractivity contribution in [2.24, 2.45) is 0 Å². The molecule has 3 heterocycles. The maximum Gasteiger partial charge on any atom is 0.409 e. The first-order chi connectivity index (χ1) is 10.3. The highest BCUT2D eigenvalue weighted by Crippen LogP contribution is 2.17. The highest BCUT2D eigenvalue weighted by Gasteiger charge is 2.23. The molecule has 1 aromatic heterocycles. The van der Waals surface area contributed by atoms with E-state index in [9.17, 15) is 9.59 Å². The SMILES string of the molecule is O=C(NCCN1CCCOC1=O)c1n[nH]c2c1COCC2. The summed E-state index contributed by atoms with van der Waals surface area (Å²) in [4.78, 5) is 25.2. The minimum absolute atomic E-state index is 0.247. The van der Waals surface area contributed by atoms with Crippen LogP contribution in [0.4, 0.5) is 4.79 Å². The van der Waals surface area contributed by atoms with E-state index < -0.39 is 0 Å². The summed E-state index contributed by atoms with van der Waals surface area (Å²) in [6.07, 6.45) is 1.25. The first kappa shape index (κ1) is 13.9. The Balaban J connectivity index is 1.52. The van der Waals surface area contributed by atoms with Gasteiger partial charge in [-0.3, -0.25) is 9.89 Å².